The highest BCUT2D eigenvalue weighted by atomic mass is 79.9. The fourth-order valence-corrected chi connectivity index (χ4v) is 2.01. The highest BCUT2D eigenvalue weighted by Crippen LogP contribution is 2.16. The molecule has 1 aliphatic rings. The molecule has 0 bridgehead atoms. The van der Waals surface area contributed by atoms with Crippen LogP contribution in [0.25, 0.3) is 0 Å². The van der Waals surface area contributed by atoms with E-state index in [2.05, 4.69) is 45.2 Å². The zero-order valence-corrected chi connectivity index (χ0v) is 8.34. The van der Waals surface area contributed by atoms with Gasteiger partial charge in [0.1, 0.15) is 0 Å². The molecule has 0 radical (unpaired) electrons. The van der Waals surface area contributed by atoms with Gasteiger partial charge in [0.25, 0.3) is 0 Å². The maximum atomic E-state index is 4.46. The van der Waals surface area contributed by atoms with Crippen LogP contribution in [0.3, 0.4) is 0 Å². The van der Waals surface area contributed by atoms with E-state index in [1.54, 1.807) is 0 Å². The lowest BCUT2D eigenvalue weighted by molar-refractivity contribution is 0.943. The van der Waals surface area contributed by atoms with E-state index in [0.717, 1.165) is 18.3 Å². The summed E-state index contributed by atoms with van der Waals surface area (Å²) in [5.74, 6) is 0. The number of hydrogen-bond acceptors (Lipinski definition) is 1. The number of benzene rings is 1. The molecule has 1 aromatic rings. The van der Waals surface area contributed by atoms with Crippen LogP contribution in [0.5, 0.6) is 0 Å². The number of alkyl halides is 1. The van der Waals surface area contributed by atoms with Crippen molar-refractivity contribution in [3.8, 4) is 0 Å². The van der Waals surface area contributed by atoms with Crippen LogP contribution in [0.2, 0.25) is 0 Å². The molecule has 0 saturated carbocycles. The zero-order valence-electron chi connectivity index (χ0n) is 6.76. The number of fused-ring (bicyclic) bond motifs is 1. The molecule has 1 nitrogen and oxygen atoms in total. The first-order chi connectivity index (χ1) is 5.92. The normalized spacial score (nSPS) is 15.2. The molecule has 0 saturated heterocycles. The summed E-state index contributed by atoms with van der Waals surface area (Å²) in [4.78, 5) is 4.46. The summed E-state index contributed by atoms with van der Waals surface area (Å²) in [6.07, 6.45) is 1.09. The Balaban J connectivity index is 2.48. The van der Waals surface area contributed by atoms with Gasteiger partial charge < -0.3 is 0 Å². The molecule has 1 heterocycles. The number of halogens is 1. The van der Waals surface area contributed by atoms with Crippen molar-refractivity contribution in [2.75, 3.05) is 11.9 Å². The Morgan fingerprint density at radius 3 is 3.00 bits per heavy atom. The average Bonchev–Trinajstić information content (AvgIpc) is 2.17. The van der Waals surface area contributed by atoms with Crippen molar-refractivity contribution in [3.63, 3.8) is 0 Å². The summed E-state index contributed by atoms with van der Waals surface area (Å²) in [5, 5.41) is 0.865. The van der Waals surface area contributed by atoms with Crippen LogP contribution in [0.15, 0.2) is 29.3 Å². The lowest BCUT2D eigenvalue weighted by Gasteiger charge is -2.14. The minimum atomic E-state index is 0.865. The summed E-state index contributed by atoms with van der Waals surface area (Å²) in [7, 11) is 0. The number of hydrogen-bond donors (Lipinski definition) is 0. The summed E-state index contributed by atoms with van der Waals surface area (Å²) < 4.78 is 0. The summed E-state index contributed by atoms with van der Waals surface area (Å²) in [5.41, 5.74) is 3.94. The van der Waals surface area contributed by atoms with E-state index in [1.807, 2.05) is 0 Å². The Labute approximate surface area is 80.6 Å². The molecule has 0 atom stereocenters. The first-order valence-corrected chi connectivity index (χ1v) is 5.21. The van der Waals surface area contributed by atoms with E-state index in [1.165, 1.54) is 16.8 Å². The van der Waals surface area contributed by atoms with Crippen molar-refractivity contribution in [2.24, 2.45) is 4.99 Å². The second kappa shape index (κ2) is 3.40. The van der Waals surface area contributed by atoms with E-state index in [-0.39, 0.29) is 0 Å². The van der Waals surface area contributed by atoms with Crippen molar-refractivity contribution >= 4 is 21.6 Å². The largest absolute Gasteiger partial charge is 0.288 e. The van der Waals surface area contributed by atoms with Gasteiger partial charge in [-0.15, -0.1) is 0 Å². The molecule has 0 spiro atoms. The van der Waals surface area contributed by atoms with Gasteiger partial charge in [-0.05, 0) is 17.5 Å². The third-order valence-corrected chi connectivity index (χ3v) is 2.67. The van der Waals surface area contributed by atoms with E-state index >= 15 is 0 Å². The first kappa shape index (κ1) is 7.99. The minimum Gasteiger partial charge on any atom is -0.288 e. The van der Waals surface area contributed by atoms with E-state index in [9.17, 15) is 0 Å². The minimum absolute atomic E-state index is 0.865. The summed E-state index contributed by atoms with van der Waals surface area (Å²) in [6, 6.07) is 8.50. The van der Waals surface area contributed by atoms with Crippen LogP contribution >= 0.6 is 15.9 Å². The maximum absolute atomic E-state index is 4.46. The predicted octanol–water partition coefficient (Wildman–Crippen LogP) is 2.43. The lowest BCUT2D eigenvalue weighted by Crippen LogP contribution is -2.13. The Bertz CT molecular complexity index is 317. The van der Waals surface area contributed by atoms with Gasteiger partial charge in [0.2, 0.25) is 0 Å². The molecule has 0 aliphatic carbocycles. The first-order valence-electron chi connectivity index (χ1n) is 4.09. The predicted molar refractivity (Wildman–Crippen MR) is 55.3 cm³/mol. The number of nitrogens with zero attached hydrogens (tertiary/aromatic N) is 1. The van der Waals surface area contributed by atoms with E-state index in [4.69, 9.17) is 0 Å². The third-order valence-electron chi connectivity index (χ3n) is 2.14. The molecule has 1 aliphatic heterocycles. The Hall–Kier alpha value is -0.630. The van der Waals surface area contributed by atoms with Gasteiger partial charge in [0.15, 0.2) is 0 Å². The van der Waals surface area contributed by atoms with Crippen LogP contribution in [0.1, 0.15) is 11.1 Å². The number of aliphatic imine (C=N–C) groups is 1. The molecule has 1 aromatic carbocycles. The topological polar surface area (TPSA) is 12.4 Å². The van der Waals surface area contributed by atoms with Crippen LogP contribution in [-0.4, -0.2) is 17.6 Å². The molecule has 2 heteroatoms. The molecule has 62 valence electrons. The van der Waals surface area contributed by atoms with E-state index in [0.29, 0.717) is 0 Å². The van der Waals surface area contributed by atoms with Crippen molar-refractivity contribution in [2.45, 2.75) is 6.42 Å². The van der Waals surface area contributed by atoms with E-state index < -0.39 is 0 Å². The van der Waals surface area contributed by atoms with Gasteiger partial charge in [-0.3, -0.25) is 4.99 Å². The third kappa shape index (κ3) is 1.31. The van der Waals surface area contributed by atoms with Gasteiger partial charge in [-0.1, -0.05) is 40.2 Å². The summed E-state index contributed by atoms with van der Waals surface area (Å²) >= 11 is 3.45. The standard InChI is InChI=1S/C10H10BrN/c11-7-10-9-4-2-1-3-8(9)5-6-12-10/h1-4H,5-7H2. The highest BCUT2D eigenvalue weighted by Gasteiger charge is 2.10. The second-order valence-electron chi connectivity index (χ2n) is 2.87. The average molecular weight is 224 g/mol. The van der Waals surface area contributed by atoms with Gasteiger partial charge >= 0.3 is 0 Å². The summed E-state index contributed by atoms with van der Waals surface area (Å²) in [6.45, 7) is 0.942. The second-order valence-corrected chi connectivity index (χ2v) is 3.43. The van der Waals surface area contributed by atoms with Crippen LogP contribution in [0, 0.1) is 0 Å². The fourth-order valence-electron chi connectivity index (χ4n) is 1.53. The molecule has 0 unspecified atom stereocenters. The van der Waals surface area contributed by atoms with Gasteiger partial charge in [-0.2, -0.15) is 0 Å². The van der Waals surface area contributed by atoms with Crippen molar-refractivity contribution < 1.29 is 0 Å². The van der Waals surface area contributed by atoms with Gasteiger partial charge in [0, 0.05) is 11.9 Å². The van der Waals surface area contributed by atoms with Gasteiger partial charge in [-0.25, -0.2) is 0 Å². The monoisotopic (exact) mass is 223 g/mol. The molecule has 0 fully saturated rings. The highest BCUT2D eigenvalue weighted by molar-refractivity contribution is 9.09. The van der Waals surface area contributed by atoms with Crippen LogP contribution in [-0.2, 0) is 6.42 Å². The molecule has 0 amide bonds. The van der Waals surface area contributed by atoms with Gasteiger partial charge in [0.05, 0.1) is 5.71 Å². The van der Waals surface area contributed by atoms with Crippen LogP contribution < -0.4 is 0 Å². The van der Waals surface area contributed by atoms with Crippen molar-refractivity contribution in [3.05, 3.63) is 35.4 Å². The molecular weight excluding hydrogens is 214 g/mol. The molecule has 0 N–H and O–H groups in total. The van der Waals surface area contributed by atoms with Crippen molar-refractivity contribution in [1.29, 1.82) is 0 Å². The Kier molecular flexibility index (Phi) is 2.26. The zero-order chi connectivity index (χ0) is 8.39. The molecule has 2 rings (SSSR count). The quantitative estimate of drug-likeness (QED) is 0.649. The molecular formula is C10H10BrN. The fraction of sp³-hybridized carbons (Fsp3) is 0.300. The Morgan fingerprint density at radius 1 is 1.33 bits per heavy atom. The lowest BCUT2D eigenvalue weighted by atomic mass is 9.99. The Morgan fingerprint density at radius 2 is 2.17 bits per heavy atom. The maximum Gasteiger partial charge on any atom is 0.0528 e. The number of rotatable bonds is 1. The SMILES string of the molecule is BrCC1=NCCc2ccccc21. The van der Waals surface area contributed by atoms with Crippen LogP contribution in [0.4, 0.5) is 0 Å². The molecule has 0 aromatic heterocycles. The van der Waals surface area contributed by atoms with Crippen molar-refractivity contribution in [1.82, 2.24) is 0 Å². The smallest absolute Gasteiger partial charge is 0.0528 e. The molecule has 12 heavy (non-hydrogen) atoms.